The maximum absolute atomic E-state index is 13.1. The molecule has 13 heteroatoms. The van der Waals surface area contributed by atoms with Crippen molar-refractivity contribution in [3.63, 3.8) is 0 Å². The first-order valence-corrected chi connectivity index (χ1v) is 10.8. The number of carboxylic acid groups (broad SMARTS) is 2. The monoisotopic (exact) mass is 500 g/mol. The number of carbonyl (C=O) groups is 4. The van der Waals surface area contributed by atoms with E-state index >= 15 is 0 Å². The highest BCUT2D eigenvalue weighted by atomic mass is 16.5. The number of hydrogen-bond donors (Lipinski definition) is 6. The highest BCUT2D eigenvalue weighted by Crippen LogP contribution is 2.23. The summed E-state index contributed by atoms with van der Waals surface area (Å²) in [5.41, 5.74) is 16.7. The van der Waals surface area contributed by atoms with Gasteiger partial charge in [-0.25, -0.2) is 9.79 Å². The van der Waals surface area contributed by atoms with Gasteiger partial charge in [0.15, 0.2) is 5.96 Å². The van der Waals surface area contributed by atoms with Gasteiger partial charge in [-0.15, -0.1) is 0 Å². The minimum absolute atomic E-state index is 0.115. The lowest BCUT2D eigenvalue weighted by atomic mass is 10.1. The molecule has 0 aliphatic rings. The summed E-state index contributed by atoms with van der Waals surface area (Å²) in [6.45, 7) is 0.204. The van der Waals surface area contributed by atoms with Crippen LogP contribution in [0.5, 0.6) is 5.75 Å². The Kier molecular flexibility index (Phi) is 10.2. The molecule has 0 unspecified atom stereocenters. The van der Waals surface area contributed by atoms with Crippen LogP contribution in [-0.4, -0.2) is 65.7 Å². The van der Waals surface area contributed by atoms with E-state index in [-0.39, 0.29) is 17.2 Å². The lowest BCUT2D eigenvalue weighted by Crippen LogP contribution is -2.50. The summed E-state index contributed by atoms with van der Waals surface area (Å²) in [5, 5.41) is 21.2. The number of rotatable bonds is 13. The van der Waals surface area contributed by atoms with Crippen molar-refractivity contribution in [3.8, 4) is 5.75 Å². The van der Waals surface area contributed by atoms with E-state index in [4.69, 9.17) is 21.9 Å². The Morgan fingerprint density at radius 3 is 2.33 bits per heavy atom. The van der Waals surface area contributed by atoms with E-state index in [1.54, 1.807) is 6.07 Å². The molecule has 0 saturated heterocycles. The van der Waals surface area contributed by atoms with Crippen LogP contribution in [0.2, 0.25) is 0 Å². The summed E-state index contributed by atoms with van der Waals surface area (Å²) < 4.78 is 5.50. The van der Waals surface area contributed by atoms with Crippen molar-refractivity contribution < 1.29 is 34.1 Å². The van der Waals surface area contributed by atoms with Gasteiger partial charge in [-0.2, -0.15) is 0 Å². The molecule has 36 heavy (non-hydrogen) atoms. The summed E-state index contributed by atoms with van der Waals surface area (Å²) in [4.78, 5) is 53.5. The Labute approximate surface area is 206 Å². The van der Waals surface area contributed by atoms with Crippen LogP contribution < -0.4 is 32.2 Å². The molecule has 2 aromatic rings. The average Bonchev–Trinajstić information content (AvgIpc) is 2.82. The fourth-order valence-electron chi connectivity index (χ4n) is 3.14. The van der Waals surface area contributed by atoms with Crippen LogP contribution in [0.4, 0.5) is 11.4 Å². The molecule has 0 heterocycles. The standard InChI is InChI=1S/C23H28N6O7/c24-9-2-10-36-17-7-5-16(6-8-17)29(18(22(34)35)12-20(31)32)19(30)13-27-21(33)14-3-1-4-15(11-14)28-23(25)26/h1,3-8,11,18H,2,9-10,12-13,24H2,(H,27,33)(H,31,32)(H,34,35)(H4,25,26,28)/t18-/m0/s1. The number of carboxylic acids is 2. The predicted molar refractivity (Wildman–Crippen MR) is 131 cm³/mol. The summed E-state index contributed by atoms with van der Waals surface area (Å²) >= 11 is 0. The molecule has 2 amide bonds. The Morgan fingerprint density at radius 2 is 1.75 bits per heavy atom. The molecular formula is C23H28N6O7. The van der Waals surface area contributed by atoms with Gasteiger partial charge in [0.05, 0.1) is 25.3 Å². The lowest BCUT2D eigenvalue weighted by Gasteiger charge is -2.28. The second-order valence-corrected chi connectivity index (χ2v) is 7.47. The molecule has 0 spiro atoms. The van der Waals surface area contributed by atoms with Crippen molar-refractivity contribution in [2.24, 2.45) is 22.2 Å². The van der Waals surface area contributed by atoms with Crippen molar-refractivity contribution >= 4 is 41.1 Å². The topological polar surface area (TPSA) is 224 Å². The van der Waals surface area contributed by atoms with Crippen molar-refractivity contribution in [3.05, 3.63) is 54.1 Å². The molecule has 0 bridgehead atoms. The molecule has 0 saturated carbocycles. The minimum atomic E-state index is -1.72. The normalized spacial score (nSPS) is 11.1. The Bertz CT molecular complexity index is 1120. The molecule has 0 aromatic heterocycles. The van der Waals surface area contributed by atoms with Gasteiger partial charge in [0.2, 0.25) is 5.91 Å². The Hall–Kier alpha value is -4.65. The maximum Gasteiger partial charge on any atom is 0.327 e. The molecule has 0 fully saturated rings. The first-order valence-electron chi connectivity index (χ1n) is 10.8. The largest absolute Gasteiger partial charge is 0.494 e. The van der Waals surface area contributed by atoms with Crippen LogP contribution >= 0.6 is 0 Å². The number of amides is 2. The number of benzene rings is 2. The molecule has 0 aliphatic carbocycles. The number of nitrogens with two attached hydrogens (primary N) is 3. The zero-order valence-corrected chi connectivity index (χ0v) is 19.3. The van der Waals surface area contributed by atoms with E-state index in [0.29, 0.717) is 31.0 Å². The van der Waals surface area contributed by atoms with Gasteiger partial charge >= 0.3 is 11.9 Å². The Morgan fingerprint density at radius 1 is 1.06 bits per heavy atom. The van der Waals surface area contributed by atoms with E-state index in [1.807, 2.05) is 0 Å². The zero-order valence-electron chi connectivity index (χ0n) is 19.3. The summed E-state index contributed by atoms with van der Waals surface area (Å²) in [7, 11) is 0. The van der Waals surface area contributed by atoms with E-state index in [0.717, 1.165) is 4.90 Å². The first-order chi connectivity index (χ1) is 17.1. The van der Waals surface area contributed by atoms with Crippen molar-refractivity contribution in [1.82, 2.24) is 5.32 Å². The van der Waals surface area contributed by atoms with E-state index in [1.165, 1.54) is 42.5 Å². The van der Waals surface area contributed by atoms with Gasteiger partial charge in [-0.3, -0.25) is 19.3 Å². The maximum atomic E-state index is 13.1. The third-order valence-corrected chi connectivity index (χ3v) is 4.73. The molecule has 1 atom stereocenters. The van der Waals surface area contributed by atoms with Gasteiger partial charge in [-0.1, -0.05) is 6.07 Å². The van der Waals surface area contributed by atoms with Gasteiger partial charge in [-0.05, 0) is 55.4 Å². The van der Waals surface area contributed by atoms with Crippen LogP contribution in [0.1, 0.15) is 23.2 Å². The van der Waals surface area contributed by atoms with Gasteiger partial charge < -0.3 is 37.5 Å². The van der Waals surface area contributed by atoms with Crippen LogP contribution in [0.3, 0.4) is 0 Å². The fourth-order valence-corrected chi connectivity index (χ4v) is 3.14. The SMILES string of the molecule is NCCCOc1ccc(N(C(=O)CNC(=O)c2cccc(N=C(N)N)c2)[C@@H](CC(=O)O)C(=O)O)cc1. The van der Waals surface area contributed by atoms with E-state index in [9.17, 15) is 29.4 Å². The number of nitrogens with one attached hydrogen (secondary N) is 1. The second kappa shape index (κ2) is 13.3. The third kappa shape index (κ3) is 8.29. The first kappa shape index (κ1) is 27.6. The fraction of sp³-hybridized carbons (Fsp3) is 0.261. The lowest BCUT2D eigenvalue weighted by molar-refractivity contribution is -0.145. The van der Waals surface area contributed by atoms with E-state index < -0.39 is 42.8 Å². The van der Waals surface area contributed by atoms with Crippen molar-refractivity contribution in [2.45, 2.75) is 18.9 Å². The van der Waals surface area contributed by atoms with E-state index in [2.05, 4.69) is 10.3 Å². The quantitative estimate of drug-likeness (QED) is 0.123. The van der Waals surface area contributed by atoms with Gasteiger partial charge in [0, 0.05) is 11.3 Å². The van der Waals surface area contributed by atoms with Crippen LogP contribution in [0, 0.1) is 0 Å². The minimum Gasteiger partial charge on any atom is -0.494 e. The van der Waals surface area contributed by atoms with Crippen LogP contribution in [0.25, 0.3) is 0 Å². The number of hydrogen-bond acceptors (Lipinski definition) is 7. The second-order valence-electron chi connectivity index (χ2n) is 7.47. The zero-order chi connectivity index (χ0) is 26.7. The summed E-state index contributed by atoms with van der Waals surface area (Å²) in [5.74, 6) is -4.17. The summed E-state index contributed by atoms with van der Waals surface area (Å²) in [6.07, 6.45) is -0.231. The number of aliphatic imine (C=N–C) groups is 1. The highest BCUT2D eigenvalue weighted by Gasteiger charge is 2.33. The van der Waals surface area contributed by atoms with Gasteiger partial charge in [0.1, 0.15) is 11.8 Å². The number of aliphatic carboxylic acids is 2. The smallest absolute Gasteiger partial charge is 0.327 e. The molecular weight excluding hydrogens is 472 g/mol. The average molecular weight is 501 g/mol. The predicted octanol–water partition coefficient (Wildman–Crippen LogP) is 0.0100. The van der Waals surface area contributed by atoms with Crippen LogP contribution in [0.15, 0.2) is 53.5 Å². The third-order valence-electron chi connectivity index (χ3n) is 4.73. The summed E-state index contributed by atoms with van der Waals surface area (Å²) in [6, 6.07) is 10.1. The van der Waals surface area contributed by atoms with Crippen molar-refractivity contribution in [1.29, 1.82) is 0 Å². The molecule has 9 N–H and O–H groups in total. The molecule has 2 aromatic carbocycles. The number of carbonyl (C=O) groups excluding carboxylic acids is 2. The van der Waals surface area contributed by atoms with Gasteiger partial charge in [0.25, 0.3) is 5.91 Å². The number of guanidine groups is 1. The molecule has 0 aliphatic heterocycles. The molecule has 2 rings (SSSR count). The highest BCUT2D eigenvalue weighted by molar-refractivity contribution is 6.04. The molecule has 192 valence electrons. The molecule has 0 radical (unpaired) electrons. The Balaban J connectivity index is 2.25. The molecule has 13 nitrogen and oxygen atoms in total. The number of nitrogens with zero attached hydrogens (tertiary/aromatic N) is 2. The van der Waals surface area contributed by atoms with Crippen molar-refractivity contribution in [2.75, 3.05) is 24.6 Å². The van der Waals surface area contributed by atoms with Crippen LogP contribution in [-0.2, 0) is 14.4 Å². The number of ether oxygens (including phenoxy) is 1. The number of anilines is 1.